The van der Waals surface area contributed by atoms with Crippen LogP contribution >= 0.6 is 46.4 Å². The van der Waals surface area contributed by atoms with Gasteiger partial charge in [0.05, 0.1) is 42.6 Å². The second-order valence-corrected chi connectivity index (χ2v) is 7.02. The predicted octanol–water partition coefficient (Wildman–Crippen LogP) is 7.19. The van der Waals surface area contributed by atoms with Gasteiger partial charge in [-0.2, -0.15) is 26.3 Å². The van der Waals surface area contributed by atoms with Crippen molar-refractivity contribution in [2.75, 3.05) is 5.73 Å². The summed E-state index contributed by atoms with van der Waals surface area (Å²) in [5.41, 5.74) is 3.02. The van der Waals surface area contributed by atoms with Crippen LogP contribution in [0.3, 0.4) is 0 Å². The molecule has 0 saturated heterocycles. The second kappa shape index (κ2) is 9.09. The van der Waals surface area contributed by atoms with Gasteiger partial charge in [-0.25, -0.2) is 0 Å². The van der Waals surface area contributed by atoms with Crippen LogP contribution in [0.15, 0.2) is 36.9 Å². The van der Waals surface area contributed by atoms with Crippen molar-refractivity contribution in [2.24, 2.45) is 0 Å². The van der Waals surface area contributed by atoms with Crippen LogP contribution in [0.4, 0.5) is 32.0 Å². The molecule has 0 saturated carbocycles. The molecule has 0 unspecified atom stereocenters. The number of nitrogen functional groups attached to an aromatic ring is 1. The number of benzene rings is 2. The molecule has 1 heterocycles. The van der Waals surface area contributed by atoms with Gasteiger partial charge in [-0.05, 0) is 24.3 Å². The third-order valence-electron chi connectivity index (χ3n) is 3.46. The van der Waals surface area contributed by atoms with E-state index in [0.717, 1.165) is 12.1 Å². The summed E-state index contributed by atoms with van der Waals surface area (Å²) in [5, 5.41) is 5.05. The number of rotatable bonds is 1. The Morgan fingerprint density at radius 2 is 1.13 bits per heavy atom. The van der Waals surface area contributed by atoms with E-state index in [0.29, 0.717) is 0 Å². The summed E-state index contributed by atoms with van der Waals surface area (Å²) in [6.07, 6.45) is -6.70. The molecular weight excluding hydrogens is 504 g/mol. The molecule has 0 bridgehead atoms. The van der Waals surface area contributed by atoms with Crippen molar-refractivity contribution in [1.29, 1.82) is 0 Å². The monoisotopic (exact) mass is 510 g/mol. The minimum atomic E-state index is -4.61. The Kier molecular flexibility index (Phi) is 7.39. The van der Waals surface area contributed by atoms with Crippen molar-refractivity contribution >= 4 is 52.1 Å². The van der Waals surface area contributed by atoms with Crippen LogP contribution in [-0.4, -0.2) is 14.8 Å². The zero-order valence-electron chi connectivity index (χ0n) is 14.2. The van der Waals surface area contributed by atoms with Crippen LogP contribution in [0.1, 0.15) is 11.1 Å². The molecule has 0 amide bonds. The van der Waals surface area contributed by atoms with Crippen LogP contribution in [-0.2, 0) is 12.4 Å². The number of hydrogen-bond acceptors (Lipinski definition) is 3. The van der Waals surface area contributed by atoms with Gasteiger partial charge in [-0.1, -0.05) is 46.4 Å². The molecule has 30 heavy (non-hydrogen) atoms. The smallest absolute Gasteiger partial charge is 0.398 e. The molecular formula is C16H8Cl4F6N4. The molecule has 0 fully saturated rings. The fourth-order valence-corrected chi connectivity index (χ4v) is 3.42. The molecule has 1 aromatic heterocycles. The van der Waals surface area contributed by atoms with Gasteiger partial charge >= 0.3 is 12.4 Å². The lowest BCUT2D eigenvalue weighted by molar-refractivity contribution is -0.138. The van der Waals surface area contributed by atoms with Crippen LogP contribution < -0.4 is 5.73 Å². The summed E-state index contributed by atoms with van der Waals surface area (Å²) >= 11 is 21.9. The lowest BCUT2D eigenvalue weighted by Crippen LogP contribution is -2.08. The Morgan fingerprint density at radius 3 is 1.57 bits per heavy atom. The van der Waals surface area contributed by atoms with E-state index in [1.807, 2.05) is 0 Å². The molecule has 162 valence electrons. The number of nitrogens with two attached hydrogens (primary N) is 1. The molecule has 3 aromatic rings. The number of nitrogens with zero attached hydrogens (tertiary/aromatic N) is 3. The Labute approximate surface area is 185 Å². The lowest BCUT2D eigenvalue weighted by atomic mass is 10.2. The highest BCUT2D eigenvalue weighted by molar-refractivity contribution is 6.38. The van der Waals surface area contributed by atoms with E-state index >= 15 is 0 Å². The molecule has 0 atom stereocenters. The van der Waals surface area contributed by atoms with Gasteiger partial charge in [0.1, 0.15) is 12.7 Å². The van der Waals surface area contributed by atoms with Gasteiger partial charge < -0.3 is 5.73 Å². The molecule has 0 aliphatic rings. The molecule has 4 nitrogen and oxygen atoms in total. The number of alkyl halides is 6. The summed E-state index contributed by atoms with van der Waals surface area (Å²) in [7, 11) is 0. The summed E-state index contributed by atoms with van der Waals surface area (Å²) in [6.45, 7) is 0. The van der Waals surface area contributed by atoms with Crippen LogP contribution in [0, 0.1) is 0 Å². The number of halogens is 10. The largest absolute Gasteiger partial charge is 0.419 e. The standard InChI is InChI=1S/C9H4Cl2F3N3.C7H4Cl2F3N/c10-5-1-2-6(17-3-15-16-4-17)8(11)7(5)9(12,13)14;8-3-1-2-4(13)6(9)5(3)7(10,11)12/h1-4H;1-2H,13H2. The topological polar surface area (TPSA) is 56.7 Å². The maximum absolute atomic E-state index is 12.7. The predicted molar refractivity (Wildman–Crippen MR) is 102 cm³/mol. The van der Waals surface area contributed by atoms with Gasteiger partial charge in [0.15, 0.2) is 0 Å². The van der Waals surface area contributed by atoms with E-state index in [1.54, 1.807) is 0 Å². The van der Waals surface area contributed by atoms with E-state index in [9.17, 15) is 26.3 Å². The van der Waals surface area contributed by atoms with Crippen molar-refractivity contribution in [1.82, 2.24) is 14.8 Å². The molecule has 2 aromatic carbocycles. The number of aromatic nitrogens is 3. The number of hydrogen-bond donors (Lipinski definition) is 1. The highest BCUT2D eigenvalue weighted by atomic mass is 35.5. The lowest BCUT2D eigenvalue weighted by Gasteiger charge is -2.14. The quantitative estimate of drug-likeness (QED) is 0.278. The van der Waals surface area contributed by atoms with E-state index in [2.05, 4.69) is 10.2 Å². The molecule has 0 aliphatic heterocycles. The van der Waals surface area contributed by atoms with Gasteiger partial charge in [0, 0.05) is 0 Å². The SMILES string of the molecule is FC(F)(F)c1c(Cl)ccc(-n2cnnc2)c1Cl.Nc1ccc(Cl)c(C(F)(F)F)c1Cl. The molecule has 2 N–H and O–H groups in total. The summed E-state index contributed by atoms with van der Waals surface area (Å²) in [5.74, 6) is 0. The minimum absolute atomic E-state index is 0.119. The highest BCUT2D eigenvalue weighted by Crippen LogP contribution is 2.42. The molecule has 0 aliphatic carbocycles. The molecule has 0 radical (unpaired) electrons. The first kappa shape index (κ1) is 24.4. The van der Waals surface area contributed by atoms with Crippen molar-refractivity contribution in [3.63, 3.8) is 0 Å². The summed E-state index contributed by atoms with van der Waals surface area (Å²) < 4.78 is 76.2. The first-order valence-corrected chi connectivity index (χ1v) is 8.97. The van der Waals surface area contributed by atoms with Gasteiger partial charge in [-0.3, -0.25) is 4.57 Å². The number of anilines is 1. The van der Waals surface area contributed by atoms with E-state index < -0.39 is 43.6 Å². The van der Waals surface area contributed by atoms with Crippen LogP contribution in [0.5, 0.6) is 0 Å². The fraction of sp³-hybridized carbons (Fsp3) is 0.125. The first-order chi connectivity index (χ1) is 13.7. The maximum Gasteiger partial charge on any atom is 0.419 e. The summed E-state index contributed by atoms with van der Waals surface area (Å²) in [4.78, 5) is 0. The van der Waals surface area contributed by atoms with E-state index in [1.165, 1.54) is 29.4 Å². The third kappa shape index (κ3) is 5.42. The molecule has 14 heteroatoms. The van der Waals surface area contributed by atoms with E-state index in [4.69, 9.17) is 52.1 Å². The maximum atomic E-state index is 12.7. The first-order valence-electron chi connectivity index (χ1n) is 7.46. The van der Waals surface area contributed by atoms with Crippen LogP contribution in [0.2, 0.25) is 20.1 Å². The molecule has 0 spiro atoms. The summed E-state index contributed by atoms with van der Waals surface area (Å²) in [6, 6.07) is 4.78. The Hall–Kier alpha value is -1.88. The second-order valence-electron chi connectivity index (χ2n) is 5.45. The van der Waals surface area contributed by atoms with E-state index in [-0.39, 0.29) is 11.4 Å². The van der Waals surface area contributed by atoms with Crippen molar-refractivity contribution in [2.45, 2.75) is 12.4 Å². The highest BCUT2D eigenvalue weighted by Gasteiger charge is 2.37. The third-order valence-corrected chi connectivity index (χ3v) is 4.88. The van der Waals surface area contributed by atoms with Crippen molar-refractivity contribution < 1.29 is 26.3 Å². The zero-order chi connectivity index (χ0) is 22.9. The van der Waals surface area contributed by atoms with Gasteiger partial charge in [0.25, 0.3) is 0 Å². The molecule has 3 rings (SSSR count). The van der Waals surface area contributed by atoms with Gasteiger partial charge in [-0.15, -0.1) is 10.2 Å². The van der Waals surface area contributed by atoms with Crippen molar-refractivity contribution in [3.05, 3.63) is 68.1 Å². The Bertz CT molecular complexity index is 1040. The fourth-order valence-electron chi connectivity index (χ4n) is 2.15. The van der Waals surface area contributed by atoms with Gasteiger partial charge in [0.2, 0.25) is 0 Å². The minimum Gasteiger partial charge on any atom is -0.398 e. The average Bonchev–Trinajstić information content (AvgIpc) is 3.11. The van der Waals surface area contributed by atoms with Crippen molar-refractivity contribution in [3.8, 4) is 5.69 Å². The average molecular weight is 512 g/mol. The van der Waals surface area contributed by atoms with Crippen LogP contribution in [0.25, 0.3) is 5.69 Å². The normalized spacial score (nSPS) is 11.8. The Morgan fingerprint density at radius 1 is 0.700 bits per heavy atom. The Balaban J connectivity index is 0.000000222. The zero-order valence-corrected chi connectivity index (χ0v) is 17.2.